The molecule has 2 heterocycles. The third-order valence-corrected chi connectivity index (χ3v) is 5.04. The van der Waals surface area contributed by atoms with Gasteiger partial charge in [0.2, 0.25) is 0 Å². The third-order valence-electron chi connectivity index (χ3n) is 4.01. The van der Waals surface area contributed by atoms with Gasteiger partial charge in [-0.2, -0.15) is 5.10 Å². The molecule has 0 bridgehead atoms. The summed E-state index contributed by atoms with van der Waals surface area (Å²) in [6.07, 6.45) is 2.43. The van der Waals surface area contributed by atoms with Gasteiger partial charge in [-0.05, 0) is 35.7 Å². The maximum absolute atomic E-state index is 5.91. The molecular weight excluding hydrogens is 308 g/mol. The fourth-order valence-corrected chi connectivity index (χ4v) is 3.24. The highest BCUT2D eigenvalue weighted by atomic mass is 79.9. The van der Waals surface area contributed by atoms with Crippen molar-refractivity contribution in [3.05, 3.63) is 15.9 Å². The van der Waals surface area contributed by atoms with Crippen LogP contribution in [0.5, 0.6) is 0 Å². The van der Waals surface area contributed by atoms with Crippen LogP contribution in [0.15, 0.2) is 4.47 Å². The second-order valence-electron chi connectivity index (χ2n) is 5.21. The second kappa shape index (κ2) is 6.35. The summed E-state index contributed by atoms with van der Waals surface area (Å²) in [5.74, 6) is 0. The highest BCUT2D eigenvalue weighted by Gasteiger charge is 2.28. The van der Waals surface area contributed by atoms with Gasteiger partial charge in [-0.3, -0.25) is 9.58 Å². The van der Waals surface area contributed by atoms with Crippen molar-refractivity contribution in [1.82, 2.24) is 14.7 Å². The van der Waals surface area contributed by atoms with Crippen molar-refractivity contribution >= 4 is 15.9 Å². The van der Waals surface area contributed by atoms with Crippen LogP contribution in [-0.2, 0) is 18.3 Å². The van der Waals surface area contributed by atoms with E-state index in [4.69, 9.17) is 10.5 Å². The number of aryl methyl sites for hydroxylation is 2. The van der Waals surface area contributed by atoms with Gasteiger partial charge in [-0.25, -0.2) is 0 Å². The molecule has 1 fully saturated rings. The number of hydrogen-bond acceptors (Lipinski definition) is 4. The Balaban J connectivity index is 2.09. The van der Waals surface area contributed by atoms with Crippen LogP contribution < -0.4 is 5.73 Å². The van der Waals surface area contributed by atoms with Crippen molar-refractivity contribution in [3.8, 4) is 0 Å². The molecule has 0 spiro atoms. The van der Waals surface area contributed by atoms with Crippen molar-refractivity contribution in [3.63, 3.8) is 0 Å². The van der Waals surface area contributed by atoms with Crippen molar-refractivity contribution in [2.75, 3.05) is 20.2 Å². The van der Waals surface area contributed by atoms with Gasteiger partial charge in [0.1, 0.15) is 0 Å². The number of methoxy groups -OCH3 is 1. The number of rotatable bonds is 4. The summed E-state index contributed by atoms with van der Waals surface area (Å²) >= 11 is 3.63. The molecule has 2 N–H and O–H groups in total. The van der Waals surface area contributed by atoms with Crippen LogP contribution in [-0.4, -0.2) is 47.0 Å². The molecule has 1 aromatic heterocycles. The van der Waals surface area contributed by atoms with Crippen molar-refractivity contribution < 1.29 is 4.74 Å². The van der Waals surface area contributed by atoms with Gasteiger partial charge in [-0.1, -0.05) is 0 Å². The van der Waals surface area contributed by atoms with Crippen LogP contribution in [0.4, 0.5) is 0 Å². The largest absolute Gasteiger partial charge is 0.381 e. The Morgan fingerprint density at radius 1 is 1.53 bits per heavy atom. The zero-order valence-electron chi connectivity index (χ0n) is 11.9. The smallest absolute Gasteiger partial charge is 0.0739 e. The molecule has 0 amide bonds. The summed E-state index contributed by atoms with van der Waals surface area (Å²) < 4.78 is 8.53. The lowest BCUT2D eigenvalue weighted by atomic mass is 9.99. The minimum Gasteiger partial charge on any atom is -0.381 e. The third kappa shape index (κ3) is 3.18. The van der Waals surface area contributed by atoms with Gasteiger partial charge in [0, 0.05) is 39.8 Å². The molecule has 2 rings (SSSR count). The molecule has 5 nitrogen and oxygen atoms in total. The molecule has 0 aliphatic carbocycles. The molecule has 19 heavy (non-hydrogen) atoms. The van der Waals surface area contributed by atoms with Gasteiger partial charge < -0.3 is 10.5 Å². The van der Waals surface area contributed by atoms with E-state index in [1.807, 2.05) is 18.7 Å². The Morgan fingerprint density at radius 3 is 2.79 bits per heavy atom. The van der Waals surface area contributed by atoms with Gasteiger partial charge in [-0.15, -0.1) is 0 Å². The number of halogens is 1. The number of aromatic nitrogens is 2. The Hall–Kier alpha value is -0.430. The molecule has 2 atom stereocenters. The zero-order valence-corrected chi connectivity index (χ0v) is 13.5. The molecule has 0 saturated carbocycles. The number of nitrogens with zero attached hydrogens (tertiary/aromatic N) is 3. The fourth-order valence-electron chi connectivity index (χ4n) is 2.77. The molecule has 1 aliphatic rings. The van der Waals surface area contributed by atoms with Crippen LogP contribution in [0.3, 0.4) is 0 Å². The van der Waals surface area contributed by atoms with Gasteiger partial charge >= 0.3 is 0 Å². The van der Waals surface area contributed by atoms with Gasteiger partial charge in [0.05, 0.1) is 22.0 Å². The molecule has 1 aliphatic heterocycles. The van der Waals surface area contributed by atoms with E-state index in [9.17, 15) is 0 Å². The average Bonchev–Trinajstić information content (AvgIpc) is 2.65. The topological polar surface area (TPSA) is 56.3 Å². The molecule has 1 aromatic rings. The van der Waals surface area contributed by atoms with E-state index in [0.717, 1.165) is 36.1 Å². The van der Waals surface area contributed by atoms with E-state index in [1.54, 1.807) is 7.11 Å². The lowest BCUT2D eigenvalue weighted by Gasteiger charge is -2.38. The fraction of sp³-hybridized carbons (Fsp3) is 0.769. The highest BCUT2D eigenvalue weighted by molar-refractivity contribution is 9.10. The minimum absolute atomic E-state index is 0.349. The van der Waals surface area contributed by atoms with Crippen LogP contribution in [0.2, 0.25) is 0 Å². The minimum atomic E-state index is 0.349. The molecular formula is C13H23BrN4O. The van der Waals surface area contributed by atoms with Crippen LogP contribution in [0, 0.1) is 6.92 Å². The quantitative estimate of drug-likeness (QED) is 0.907. The predicted octanol–water partition coefficient (Wildman–Crippen LogP) is 1.43. The van der Waals surface area contributed by atoms with Gasteiger partial charge in [0.15, 0.2) is 0 Å². The number of piperidine rings is 1. The van der Waals surface area contributed by atoms with Gasteiger partial charge in [0.25, 0.3) is 0 Å². The summed E-state index contributed by atoms with van der Waals surface area (Å²) in [4.78, 5) is 2.44. The molecule has 108 valence electrons. The average molecular weight is 331 g/mol. The molecule has 0 radical (unpaired) electrons. The SMILES string of the molecule is COC1CCN(Cc2c(Br)c(C)nn2C)C(CN)C1. The lowest BCUT2D eigenvalue weighted by molar-refractivity contribution is 0.00934. The zero-order chi connectivity index (χ0) is 14.0. The summed E-state index contributed by atoms with van der Waals surface area (Å²) in [7, 11) is 3.78. The molecule has 1 saturated heterocycles. The van der Waals surface area contributed by atoms with Crippen LogP contribution in [0.1, 0.15) is 24.2 Å². The van der Waals surface area contributed by atoms with Crippen LogP contribution in [0.25, 0.3) is 0 Å². The molecule has 0 aromatic carbocycles. The van der Waals surface area contributed by atoms with Crippen molar-refractivity contribution in [2.45, 2.75) is 38.5 Å². The number of ether oxygens (including phenoxy) is 1. The number of nitrogens with two attached hydrogens (primary N) is 1. The highest BCUT2D eigenvalue weighted by Crippen LogP contribution is 2.26. The maximum atomic E-state index is 5.91. The lowest BCUT2D eigenvalue weighted by Crippen LogP contribution is -2.48. The first-order valence-corrected chi connectivity index (χ1v) is 7.51. The van der Waals surface area contributed by atoms with E-state index in [2.05, 4.69) is 25.9 Å². The normalized spacial score (nSPS) is 24.9. The maximum Gasteiger partial charge on any atom is 0.0739 e. The first-order valence-electron chi connectivity index (χ1n) is 6.71. The summed E-state index contributed by atoms with van der Waals surface area (Å²) in [5, 5.41) is 4.45. The predicted molar refractivity (Wildman–Crippen MR) is 78.9 cm³/mol. The van der Waals surface area contributed by atoms with E-state index in [0.29, 0.717) is 18.7 Å². The Bertz CT molecular complexity index is 435. The summed E-state index contributed by atoms with van der Waals surface area (Å²) in [5.41, 5.74) is 8.16. The molecule has 6 heteroatoms. The van der Waals surface area contributed by atoms with Crippen LogP contribution >= 0.6 is 15.9 Å². The van der Waals surface area contributed by atoms with Crippen molar-refractivity contribution in [1.29, 1.82) is 0 Å². The summed E-state index contributed by atoms with van der Waals surface area (Å²) in [6, 6.07) is 0.390. The van der Waals surface area contributed by atoms with E-state index < -0.39 is 0 Å². The molecule has 2 unspecified atom stereocenters. The Morgan fingerprint density at radius 2 is 2.26 bits per heavy atom. The standard InChI is InChI=1S/C13H23BrN4O/c1-9-13(14)12(17(2)16-9)8-18-5-4-11(19-3)6-10(18)7-15/h10-11H,4-8,15H2,1-3H3. The van der Waals surface area contributed by atoms with E-state index in [1.165, 1.54) is 5.69 Å². The monoisotopic (exact) mass is 330 g/mol. The van der Waals surface area contributed by atoms with Crippen molar-refractivity contribution in [2.24, 2.45) is 12.8 Å². The summed E-state index contributed by atoms with van der Waals surface area (Å²) in [6.45, 7) is 4.60. The Labute approximate surface area is 123 Å². The first-order chi connectivity index (χ1) is 9.06. The second-order valence-corrected chi connectivity index (χ2v) is 6.00. The first kappa shape index (κ1) is 15.0. The number of hydrogen-bond donors (Lipinski definition) is 1. The van der Waals surface area contributed by atoms with E-state index >= 15 is 0 Å². The number of likely N-dealkylation sites (tertiary alicyclic amines) is 1. The Kier molecular flexibility index (Phi) is 5.00. The van der Waals surface area contributed by atoms with E-state index in [-0.39, 0.29) is 0 Å².